The Morgan fingerprint density at radius 2 is 1.88 bits per heavy atom. The molecule has 2 aromatic rings. The Kier molecular flexibility index (Phi) is 7.67. The van der Waals surface area contributed by atoms with Crippen LogP contribution >= 0.6 is 0 Å². The van der Waals surface area contributed by atoms with Crippen LogP contribution in [-0.4, -0.2) is 19.1 Å². The van der Waals surface area contributed by atoms with E-state index in [0.29, 0.717) is 25.4 Å². The third-order valence-corrected chi connectivity index (χ3v) is 4.16. The van der Waals surface area contributed by atoms with Gasteiger partial charge in [-0.1, -0.05) is 25.5 Å². The van der Waals surface area contributed by atoms with Gasteiger partial charge in [-0.25, -0.2) is 0 Å². The van der Waals surface area contributed by atoms with Gasteiger partial charge in [-0.3, -0.25) is 4.79 Å². The lowest BCUT2D eigenvalue weighted by Crippen LogP contribution is -2.14. The van der Waals surface area contributed by atoms with E-state index in [1.54, 1.807) is 6.07 Å². The first-order valence-corrected chi connectivity index (χ1v) is 9.27. The molecule has 2 rings (SSSR count). The Balaban J connectivity index is 2.16. The van der Waals surface area contributed by atoms with Gasteiger partial charge in [0.15, 0.2) is 0 Å². The third-order valence-electron chi connectivity index (χ3n) is 4.16. The van der Waals surface area contributed by atoms with Crippen LogP contribution in [0.1, 0.15) is 53.7 Å². The van der Waals surface area contributed by atoms with E-state index in [-0.39, 0.29) is 5.91 Å². The molecule has 0 saturated carbocycles. The van der Waals surface area contributed by atoms with E-state index >= 15 is 0 Å². The van der Waals surface area contributed by atoms with E-state index in [4.69, 9.17) is 9.47 Å². The van der Waals surface area contributed by atoms with Crippen LogP contribution in [0.4, 0.5) is 5.69 Å². The molecule has 140 valence electrons. The number of carbonyl (C=O) groups is 1. The minimum Gasteiger partial charge on any atom is -0.494 e. The number of unbranched alkanes of at least 4 members (excludes halogenated alkanes) is 1. The molecule has 4 nitrogen and oxygen atoms in total. The number of aryl methyl sites for hydroxylation is 2. The molecule has 0 bridgehead atoms. The summed E-state index contributed by atoms with van der Waals surface area (Å²) in [4.78, 5) is 12.7. The Hall–Kier alpha value is -2.33. The maximum absolute atomic E-state index is 12.7. The van der Waals surface area contributed by atoms with E-state index in [0.717, 1.165) is 41.0 Å². The second-order valence-electron chi connectivity index (χ2n) is 6.43. The van der Waals surface area contributed by atoms with Gasteiger partial charge in [-0.2, -0.15) is 0 Å². The summed E-state index contributed by atoms with van der Waals surface area (Å²) < 4.78 is 11.4. The molecule has 0 aromatic heterocycles. The van der Waals surface area contributed by atoms with Crippen LogP contribution in [0.25, 0.3) is 0 Å². The maximum atomic E-state index is 12.7. The first-order valence-electron chi connectivity index (χ1n) is 9.27. The van der Waals surface area contributed by atoms with E-state index in [2.05, 4.69) is 12.2 Å². The highest BCUT2D eigenvalue weighted by Gasteiger charge is 2.12. The number of rotatable bonds is 9. The normalized spacial score (nSPS) is 10.6. The second kappa shape index (κ2) is 9.97. The van der Waals surface area contributed by atoms with Crippen LogP contribution in [0.15, 0.2) is 36.4 Å². The molecule has 0 saturated heterocycles. The number of hydrogen-bond acceptors (Lipinski definition) is 3. The number of nitrogens with one attached hydrogen (secondary N) is 1. The van der Waals surface area contributed by atoms with Crippen molar-refractivity contribution in [2.45, 2.75) is 47.1 Å². The van der Waals surface area contributed by atoms with Crippen LogP contribution in [0.3, 0.4) is 0 Å². The van der Waals surface area contributed by atoms with Crippen molar-refractivity contribution in [3.8, 4) is 5.75 Å². The van der Waals surface area contributed by atoms with Crippen LogP contribution in [0.2, 0.25) is 0 Å². The number of ether oxygens (including phenoxy) is 2. The fourth-order valence-electron chi connectivity index (χ4n) is 2.62. The van der Waals surface area contributed by atoms with Crippen LogP contribution in [0, 0.1) is 13.8 Å². The Morgan fingerprint density at radius 1 is 1.08 bits per heavy atom. The van der Waals surface area contributed by atoms with Crippen molar-refractivity contribution in [2.24, 2.45) is 0 Å². The first kappa shape index (κ1) is 20.0. The summed E-state index contributed by atoms with van der Waals surface area (Å²) in [6, 6.07) is 11.5. The summed E-state index contributed by atoms with van der Waals surface area (Å²) >= 11 is 0. The largest absolute Gasteiger partial charge is 0.494 e. The highest BCUT2D eigenvalue weighted by atomic mass is 16.5. The molecule has 1 N–H and O–H groups in total. The highest BCUT2D eigenvalue weighted by molar-refractivity contribution is 6.04. The summed E-state index contributed by atoms with van der Waals surface area (Å²) in [5, 5.41) is 3.00. The van der Waals surface area contributed by atoms with E-state index in [9.17, 15) is 4.79 Å². The Bertz CT molecular complexity index is 740. The van der Waals surface area contributed by atoms with Crippen molar-refractivity contribution < 1.29 is 14.3 Å². The zero-order valence-corrected chi connectivity index (χ0v) is 16.2. The van der Waals surface area contributed by atoms with Crippen molar-refractivity contribution >= 4 is 11.6 Å². The van der Waals surface area contributed by atoms with Gasteiger partial charge in [0.05, 0.1) is 13.2 Å². The molecule has 2 aromatic carbocycles. The molecule has 1 amide bonds. The molecule has 4 heteroatoms. The predicted molar refractivity (Wildman–Crippen MR) is 106 cm³/mol. The second-order valence-corrected chi connectivity index (χ2v) is 6.43. The molecule has 0 aliphatic carbocycles. The van der Waals surface area contributed by atoms with Gasteiger partial charge in [0, 0.05) is 23.4 Å². The van der Waals surface area contributed by atoms with Crippen molar-refractivity contribution in [1.29, 1.82) is 0 Å². The zero-order valence-electron chi connectivity index (χ0n) is 16.2. The highest BCUT2D eigenvalue weighted by Crippen LogP contribution is 2.23. The summed E-state index contributed by atoms with van der Waals surface area (Å²) in [6.45, 7) is 9.81. The molecule has 0 heterocycles. The van der Waals surface area contributed by atoms with Gasteiger partial charge in [-0.05, 0) is 62.6 Å². The number of anilines is 1. The number of benzene rings is 2. The van der Waals surface area contributed by atoms with Gasteiger partial charge < -0.3 is 14.8 Å². The molecule has 0 spiro atoms. The molecule has 0 fully saturated rings. The number of hydrogen-bond donors (Lipinski definition) is 1. The van der Waals surface area contributed by atoms with Crippen molar-refractivity contribution in [2.75, 3.05) is 18.5 Å². The lowest BCUT2D eigenvalue weighted by Gasteiger charge is -2.14. The topological polar surface area (TPSA) is 47.6 Å². The molecule has 0 aliphatic rings. The standard InChI is InChI=1S/C22H29NO3/c1-5-7-12-25-15-19-14-18(10-11-21(19)26-6-2)22(24)23-20-13-16(3)8-9-17(20)4/h8-11,13-14H,5-7,12,15H2,1-4H3,(H,23,24). The zero-order chi connectivity index (χ0) is 18.9. The quantitative estimate of drug-likeness (QED) is 0.623. The van der Waals surface area contributed by atoms with Crippen molar-refractivity contribution in [3.05, 3.63) is 58.7 Å². The fourth-order valence-corrected chi connectivity index (χ4v) is 2.62. The monoisotopic (exact) mass is 355 g/mol. The van der Waals surface area contributed by atoms with Gasteiger partial charge >= 0.3 is 0 Å². The SMILES string of the molecule is CCCCOCc1cc(C(=O)Nc2cc(C)ccc2C)ccc1OCC. The number of carbonyl (C=O) groups excluding carboxylic acids is 1. The summed E-state index contributed by atoms with van der Waals surface area (Å²) in [7, 11) is 0. The average molecular weight is 355 g/mol. The van der Waals surface area contributed by atoms with Crippen LogP contribution in [-0.2, 0) is 11.3 Å². The predicted octanol–water partition coefficient (Wildman–Crippen LogP) is 5.27. The minimum atomic E-state index is -0.128. The average Bonchev–Trinajstić information content (AvgIpc) is 2.63. The van der Waals surface area contributed by atoms with Gasteiger partial charge in [0.25, 0.3) is 5.91 Å². The third kappa shape index (κ3) is 5.60. The molecule has 0 radical (unpaired) electrons. The van der Waals surface area contributed by atoms with Crippen molar-refractivity contribution in [1.82, 2.24) is 0 Å². The summed E-state index contributed by atoms with van der Waals surface area (Å²) in [6.07, 6.45) is 2.12. The minimum absolute atomic E-state index is 0.128. The summed E-state index contributed by atoms with van der Waals surface area (Å²) in [5.41, 5.74) is 4.49. The molecule has 26 heavy (non-hydrogen) atoms. The van der Waals surface area contributed by atoms with Gasteiger partial charge in [0.1, 0.15) is 5.75 Å². The van der Waals surface area contributed by atoms with E-state index in [1.165, 1.54) is 0 Å². The molecular formula is C22H29NO3. The Labute approximate surface area is 156 Å². The van der Waals surface area contributed by atoms with Gasteiger partial charge in [0.2, 0.25) is 0 Å². The molecule has 0 unspecified atom stereocenters. The molecule has 0 atom stereocenters. The van der Waals surface area contributed by atoms with E-state index < -0.39 is 0 Å². The summed E-state index contributed by atoms with van der Waals surface area (Å²) in [5.74, 6) is 0.642. The maximum Gasteiger partial charge on any atom is 0.255 e. The fraction of sp³-hybridized carbons (Fsp3) is 0.409. The van der Waals surface area contributed by atoms with Gasteiger partial charge in [-0.15, -0.1) is 0 Å². The van der Waals surface area contributed by atoms with E-state index in [1.807, 2.05) is 51.1 Å². The smallest absolute Gasteiger partial charge is 0.255 e. The lowest BCUT2D eigenvalue weighted by atomic mass is 10.1. The number of amides is 1. The molecule has 0 aliphatic heterocycles. The van der Waals surface area contributed by atoms with Crippen molar-refractivity contribution in [3.63, 3.8) is 0 Å². The molecular weight excluding hydrogens is 326 g/mol. The van der Waals surface area contributed by atoms with Crippen LogP contribution in [0.5, 0.6) is 5.75 Å². The Morgan fingerprint density at radius 3 is 2.62 bits per heavy atom. The van der Waals surface area contributed by atoms with Crippen LogP contribution < -0.4 is 10.1 Å². The lowest BCUT2D eigenvalue weighted by molar-refractivity contribution is 0.102. The first-order chi connectivity index (χ1) is 12.5.